The second-order valence-electron chi connectivity index (χ2n) is 5.04. The molecule has 0 aliphatic heterocycles. The molecule has 1 rings (SSSR count). The monoisotopic (exact) mass is 269 g/mol. The van der Waals surface area contributed by atoms with Crippen molar-refractivity contribution >= 4 is 17.5 Å². The number of halogens is 1. The van der Waals surface area contributed by atoms with Gasteiger partial charge in [-0.15, -0.1) is 0 Å². The summed E-state index contributed by atoms with van der Waals surface area (Å²) in [5, 5.41) is 10.4. The molecule has 0 unspecified atom stereocenters. The standard InChI is InChI=1S/C14H20ClNO2/c1-5-16(9-14(3,4)18)13(17)11-7-6-8-12(15)10(11)2/h6-8,18H,5,9H2,1-4H3. The highest BCUT2D eigenvalue weighted by Gasteiger charge is 2.23. The molecule has 0 fully saturated rings. The topological polar surface area (TPSA) is 40.5 Å². The number of aliphatic hydroxyl groups is 1. The third kappa shape index (κ3) is 3.72. The summed E-state index contributed by atoms with van der Waals surface area (Å²) in [6.45, 7) is 7.95. The molecule has 0 heterocycles. The first-order chi connectivity index (χ1) is 8.26. The molecule has 0 radical (unpaired) electrons. The first kappa shape index (κ1) is 15.0. The first-order valence-electron chi connectivity index (χ1n) is 6.03. The molecule has 0 atom stereocenters. The highest BCUT2D eigenvalue weighted by molar-refractivity contribution is 6.31. The van der Waals surface area contributed by atoms with Crippen LogP contribution in [0.25, 0.3) is 0 Å². The number of hydrogen-bond acceptors (Lipinski definition) is 2. The summed E-state index contributed by atoms with van der Waals surface area (Å²) in [6, 6.07) is 5.29. The van der Waals surface area contributed by atoms with Crippen LogP contribution < -0.4 is 0 Å². The van der Waals surface area contributed by atoms with E-state index in [0.29, 0.717) is 23.7 Å². The molecule has 100 valence electrons. The predicted molar refractivity (Wildman–Crippen MR) is 74.1 cm³/mol. The Labute approximate surface area is 113 Å². The zero-order valence-corrected chi connectivity index (χ0v) is 12.1. The minimum absolute atomic E-state index is 0.0976. The molecule has 1 aromatic rings. The highest BCUT2D eigenvalue weighted by Crippen LogP contribution is 2.20. The van der Waals surface area contributed by atoms with Gasteiger partial charge in [-0.2, -0.15) is 0 Å². The lowest BCUT2D eigenvalue weighted by molar-refractivity contribution is 0.0314. The molecular formula is C14H20ClNO2. The quantitative estimate of drug-likeness (QED) is 0.913. The van der Waals surface area contributed by atoms with Crippen LogP contribution in [0.4, 0.5) is 0 Å². The van der Waals surface area contributed by atoms with Crippen molar-refractivity contribution < 1.29 is 9.90 Å². The summed E-state index contributed by atoms with van der Waals surface area (Å²) < 4.78 is 0. The maximum absolute atomic E-state index is 12.4. The first-order valence-corrected chi connectivity index (χ1v) is 6.41. The Bertz CT molecular complexity index is 438. The number of carbonyl (C=O) groups excluding carboxylic acids is 1. The highest BCUT2D eigenvalue weighted by atomic mass is 35.5. The number of likely N-dealkylation sites (N-methyl/N-ethyl adjacent to an activating group) is 1. The molecule has 0 aliphatic rings. The van der Waals surface area contributed by atoms with Gasteiger partial charge in [0.05, 0.1) is 5.60 Å². The van der Waals surface area contributed by atoms with Crippen LogP contribution in [0.3, 0.4) is 0 Å². The van der Waals surface area contributed by atoms with Gasteiger partial charge in [0.1, 0.15) is 0 Å². The Balaban J connectivity index is 3.01. The van der Waals surface area contributed by atoms with Crippen LogP contribution in [0.2, 0.25) is 5.02 Å². The molecule has 4 heteroatoms. The molecule has 1 amide bonds. The van der Waals surface area contributed by atoms with E-state index in [9.17, 15) is 9.90 Å². The summed E-state index contributed by atoms with van der Waals surface area (Å²) in [5.41, 5.74) is 0.463. The minimum Gasteiger partial charge on any atom is -0.389 e. The van der Waals surface area contributed by atoms with E-state index < -0.39 is 5.60 Å². The van der Waals surface area contributed by atoms with E-state index in [4.69, 9.17) is 11.6 Å². The molecule has 1 aromatic carbocycles. The second-order valence-corrected chi connectivity index (χ2v) is 5.45. The van der Waals surface area contributed by atoms with E-state index in [1.165, 1.54) is 0 Å². The van der Waals surface area contributed by atoms with Gasteiger partial charge in [0.25, 0.3) is 5.91 Å². The van der Waals surface area contributed by atoms with Crippen LogP contribution in [0.15, 0.2) is 18.2 Å². The lowest BCUT2D eigenvalue weighted by Crippen LogP contribution is -2.42. The van der Waals surface area contributed by atoms with Crippen molar-refractivity contribution in [3.63, 3.8) is 0 Å². The fraction of sp³-hybridized carbons (Fsp3) is 0.500. The third-order valence-electron chi connectivity index (χ3n) is 2.74. The van der Waals surface area contributed by atoms with E-state index in [-0.39, 0.29) is 5.91 Å². The summed E-state index contributed by atoms with van der Waals surface area (Å²) in [6.07, 6.45) is 0. The molecular weight excluding hydrogens is 250 g/mol. The van der Waals surface area contributed by atoms with Gasteiger partial charge in [-0.1, -0.05) is 17.7 Å². The van der Waals surface area contributed by atoms with E-state index in [1.54, 1.807) is 36.9 Å². The number of hydrogen-bond donors (Lipinski definition) is 1. The SMILES string of the molecule is CCN(CC(C)(C)O)C(=O)c1cccc(Cl)c1C. The Morgan fingerprint density at radius 1 is 1.44 bits per heavy atom. The van der Waals surface area contributed by atoms with Gasteiger partial charge in [0.15, 0.2) is 0 Å². The molecule has 0 saturated heterocycles. The zero-order valence-electron chi connectivity index (χ0n) is 11.3. The largest absolute Gasteiger partial charge is 0.389 e. The van der Waals surface area contributed by atoms with Crippen LogP contribution in [-0.2, 0) is 0 Å². The Kier molecular flexibility index (Phi) is 4.77. The Morgan fingerprint density at radius 3 is 2.56 bits per heavy atom. The summed E-state index contributed by atoms with van der Waals surface area (Å²) in [7, 11) is 0. The number of carbonyl (C=O) groups is 1. The summed E-state index contributed by atoms with van der Waals surface area (Å²) >= 11 is 6.02. The number of nitrogens with zero attached hydrogens (tertiary/aromatic N) is 1. The van der Waals surface area contributed by atoms with Crippen LogP contribution in [-0.4, -0.2) is 34.6 Å². The normalized spacial score (nSPS) is 11.4. The number of benzene rings is 1. The van der Waals surface area contributed by atoms with E-state index in [1.807, 2.05) is 13.8 Å². The van der Waals surface area contributed by atoms with Gasteiger partial charge in [-0.3, -0.25) is 4.79 Å². The van der Waals surface area contributed by atoms with E-state index in [2.05, 4.69) is 0 Å². The smallest absolute Gasteiger partial charge is 0.254 e. The zero-order chi connectivity index (χ0) is 13.9. The lowest BCUT2D eigenvalue weighted by Gasteiger charge is -2.28. The van der Waals surface area contributed by atoms with Crippen LogP contribution in [0.1, 0.15) is 36.7 Å². The average Bonchev–Trinajstić information content (AvgIpc) is 2.27. The van der Waals surface area contributed by atoms with Crippen molar-refractivity contribution in [2.45, 2.75) is 33.3 Å². The van der Waals surface area contributed by atoms with Crippen molar-refractivity contribution in [3.05, 3.63) is 34.3 Å². The van der Waals surface area contributed by atoms with Gasteiger partial charge in [0, 0.05) is 23.7 Å². The van der Waals surface area contributed by atoms with E-state index in [0.717, 1.165) is 5.56 Å². The molecule has 3 nitrogen and oxygen atoms in total. The fourth-order valence-corrected chi connectivity index (χ4v) is 1.98. The fourth-order valence-electron chi connectivity index (χ4n) is 1.80. The van der Waals surface area contributed by atoms with Gasteiger partial charge in [-0.25, -0.2) is 0 Å². The van der Waals surface area contributed by atoms with Crippen LogP contribution >= 0.6 is 11.6 Å². The average molecular weight is 270 g/mol. The predicted octanol–water partition coefficient (Wildman–Crippen LogP) is 2.88. The Morgan fingerprint density at radius 2 is 2.06 bits per heavy atom. The van der Waals surface area contributed by atoms with Crippen molar-refractivity contribution in [2.75, 3.05) is 13.1 Å². The van der Waals surface area contributed by atoms with Crippen LogP contribution in [0.5, 0.6) is 0 Å². The van der Waals surface area contributed by atoms with Crippen molar-refractivity contribution in [1.82, 2.24) is 4.90 Å². The van der Waals surface area contributed by atoms with Gasteiger partial charge in [0.2, 0.25) is 0 Å². The van der Waals surface area contributed by atoms with Crippen molar-refractivity contribution in [1.29, 1.82) is 0 Å². The molecule has 18 heavy (non-hydrogen) atoms. The minimum atomic E-state index is -0.905. The van der Waals surface area contributed by atoms with Crippen molar-refractivity contribution in [2.24, 2.45) is 0 Å². The lowest BCUT2D eigenvalue weighted by atomic mass is 10.1. The van der Waals surface area contributed by atoms with Gasteiger partial charge in [-0.05, 0) is 45.4 Å². The Hall–Kier alpha value is -1.06. The van der Waals surface area contributed by atoms with E-state index >= 15 is 0 Å². The van der Waals surface area contributed by atoms with Crippen molar-refractivity contribution in [3.8, 4) is 0 Å². The molecule has 0 bridgehead atoms. The maximum atomic E-state index is 12.4. The molecule has 0 saturated carbocycles. The van der Waals surface area contributed by atoms with Gasteiger partial charge < -0.3 is 10.0 Å². The van der Waals surface area contributed by atoms with Gasteiger partial charge >= 0.3 is 0 Å². The second kappa shape index (κ2) is 5.72. The van der Waals surface area contributed by atoms with Crippen LogP contribution in [0, 0.1) is 6.92 Å². The maximum Gasteiger partial charge on any atom is 0.254 e. The molecule has 0 spiro atoms. The molecule has 0 aromatic heterocycles. The third-order valence-corrected chi connectivity index (χ3v) is 3.15. The summed E-state index contributed by atoms with van der Waals surface area (Å²) in [4.78, 5) is 14.0. The summed E-state index contributed by atoms with van der Waals surface area (Å²) in [5.74, 6) is -0.0976. The molecule has 1 N–H and O–H groups in total. The number of rotatable bonds is 4. The molecule has 0 aliphatic carbocycles. The number of amides is 1.